The van der Waals surface area contributed by atoms with Crippen LogP contribution in [0.15, 0.2) is 30.5 Å². The molecule has 2 rings (SSSR count). The largest absolute Gasteiger partial charge is 0.436 e. The first-order valence-electron chi connectivity index (χ1n) is 4.85. The highest BCUT2D eigenvalue weighted by molar-refractivity contribution is 5.54. The van der Waals surface area contributed by atoms with E-state index in [4.69, 9.17) is 15.3 Å². The Balaban J connectivity index is 2.40. The summed E-state index contributed by atoms with van der Waals surface area (Å²) in [5, 5.41) is 21.9. The van der Waals surface area contributed by atoms with Crippen LogP contribution in [0.1, 0.15) is 11.1 Å². The molecule has 0 unspecified atom stereocenters. The predicted octanol–water partition coefficient (Wildman–Crippen LogP) is 1.96. The Hall–Kier alpha value is -2.79. The maximum atomic E-state index is 9.01. The second kappa shape index (κ2) is 4.38. The van der Waals surface area contributed by atoms with Gasteiger partial charge < -0.3 is 4.74 Å². The van der Waals surface area contributed by atoms with Crippen molar-refractivity contribution in [2.24, 2.45) is 7.05 Å². The molecule has 0 aliphatic heterocycles. The van der Waals surface area contributed by atoms with Gasteiger partial charge in [-0.1, -0.05) is 6.07 Å². The van der Waals surface area contributed by atoms with E-state index in [-0.39, 0.29) is 5.56 Å². The normalized spacial score (nSPS) is 9.35. The van der Waals surface area contributed by atoms with Gasteiger partial charge in [0.1, 0.15) is 23.5 Å². The van der Waals surface area contributed by atoms with Gasteiger partial charge >= 0.3 is 0 Å². The molecule has 0 saturated carbocycles. The number of benzene rings is 1. The van der Waals surface area contributed by atoms with Crippen LogP contribution >= 0.6 is 0 Å². The van der Waals surface area contributed by atoms with Crippen LogP contribution in [0.25, 0.3) is 0 Å². The summed E-state index contributed by atoms with van der Waals surface area (Å²) in [6.45, 7) is 0. The molecule has 0 aliphatic rings. The van der Waals surface area contributed by atoms with Crippen LogP contribution in [0.3, 0.4) is 0 Å². The van der Waals surface area contributed by atoms with Gasteiger partial charge in [-0.05, 0) is 12.1 Å². The summed E-state index contributed by atoms with van der Waals surface area (Å²) >= 11 is 0. The van der Waals surface area contributed by atoms with E-state index in [0.29, 0.717) is 17.2 Å². The lowest BCUT2D eigenvalue weighted by atomic mass is 10.1. The van der Waals surface area contributed by atoms with Crippen LogP contribution < -0.4 is 4.74 Å². The number of nitriles is 2. The second-order valence-corrected chi connectivity index (χ2v) is 3.33. The number of hydrogen-bond acceptors (Lipinski definition) is 4. The van der Waals surface area contributed by atoms with Crippen LogP contribution in [0, 0.1) is 22.7 Å². The molecular formula is C12H8N4O. The van der Waals surface area contributed by atoms with Gasteiger partial charge in [-0.25, -0.2) is 0 Å². The van der Waals surface area contributed by atoms with Gasteiger partial charge in [0.05, 0.1) is 5.56 Å². The Labute approximate surface area is 98.1 Å². The minimum Gasteiger partial charge on any atom is -0.436 e. The average molecular weight is 224 g/mol. The molecule has 0 spiro atoms. The number of aromatic nitrogens is 2. The summed E-state index contributed by atoms with van der Waals surface area (Å²) in [6.07, 6.45) is 1.73. The summed E-state index contributed by atoms with van der Waals surface area (Å²) in [4.78, 5) is 0. The third kappa shape index (κ3) is 2.09. The number of hydrogen-bond donors (Lipinski definition) is 0. The molecule has 1 aromatic carbocycles. The monoisotopic (exact) mass is 224 g/mol. The number of ether oxygens (including phenoxy) is 1. The van der Waals surface area contributed by atoms with Crippen molar-refractivity contribution in [3.8, 4) is 23.8 Å². The second-order valence-electron chi connectivity index (χ2n) is 3.33. The van der Waals surface area contributed by atoms with Crippen molar-refractivity contribution in [2.45, 2.75) is 0 Å². The van der Waals surface area contributed by atoms with Crippen LogP contribution in [0.5, 0.6) is 11.6 Å². The fourth-order valence-corrected chi connectivity index (χ4v) is 1.39. The Bertz CT molecular complexity index is 631. The smallest absolute Gasteiger partial charge is 0.238 e. The van der Waals surface area contributed by atoms with Gasteiger partial charge in [0.15, 0.2) is 0 Å². The SMILES string of the molecule is Cn1ccc(Oc2cccc(C#N)c2C#N)n1. The molecule has 5 heteroatoms. The van der Waals surface area contributed by atoms with Gasteiger partial charge in [0.25, 0.3) is 0 Å². The molecule has 5 nitrogen and oxygen atoms in total. The molecule has 0 aliphatic carbocycles. The molecule has 1 heterocycles. The summed E-state index contributed by atoms with van der Waals surface area (Å²) in [7, 11) is 1.77. The lowest BCUT2D eigenvalue weighted by Gasteiger charge is -2.04. The van der Waals surface area contributed by atoms with Gasteiger partial charge in [0, 0.05) is 19.3 Å². The van der Waals surface area contributed by atoms with E-state index in [9.17, 15) is 0 Å². The summed E-state index contributed by atoms with van der Waals surface area (Å²) in [6, 6.07) is 10.5. The highest BCUT2D eigenvalue weighted by atomic mass is 16.5. The Morgan fingerprint density at radius 2 is 2.06 bits per heavy atom. The predicted molar refractivity (Wildman–Crippen MR) is 59.2 cm³/mol. The zero-order valence-corrected chi connectivity index (χ0v) is 9.08. The van der Waals surface area contributed by atoms with Gasteiger partial charge in [0.2, 0.25) is 5.88 Å². The van der Waals surface area contributed by atoms with Gasteiger partial charge in [-0.3, -0.25) is 4.68 Å². The zero-order valence-electron chi connectivity index (χ0n) is 9.08. The quantitative estimate of drug-likeness (QED) is 0.781. The third-order valence-corrected chi connectivity index (χ3v) is 2.16. The van der Waals surface area contributed by atoms with Crippen LogP contribution in [0.4, 0.5) is 0 Å². The first kappa shape index (κ1) is 10.7. The Morgan fingerprint density at radius 1 is 1.24 bits per heavy atom. The highest BCUT2D eigenvalue weighted by Crippen LogP contribution is 2.25. The van der Waals surface area contributed by atoms with E-state index in [1.54, 1.807) is 42.2 Å². The van der Waals surface area contributed by atoms with E-state index in [2.05, 4.69) is 5.10 Å². The van der Waals surface area contributed by atoms with Crippen molar-refractivity contribution in [3.05, 3.63) is 41.6 Å². The van der Waals surface area contributed by atoms with E-state index in [0.717, 1.165) is 0 Å². The molecule has 0 saturated heterocycles. The molecule has 0 atom stereocenters. The van der Waals surface area contributed by atoms with Crippen molar-refractivity contribution >= 4 is 0 Å². The molecule has 17 heavy (non-hydrogen) atoms. The molecule has 0 radical (unpaired) electrons. The van der Waals surface area contributed by atoms with Crippen LogP contribution in [0.2, 0.25) is 0 Å². The number of nitrogens with zero attached hydrogens (tertiary/aromatic N) is 4. The van der Waals surface area contributed by atoms with E-state index in [1.165, 1.54) is 0 Å². The van der Waals surface area contributed by atoms with Crippen LogP contribution in [-0.4, -0.2) is 9.78 Å². The molecule has 0 amide bonds. The lowest BCUT2D eigenvalue weighted by molar-refractivity contribution is 0.452. The maximum absolute atomic E-state index is 9.01. The van der Waals surface area contributed by atoms with Crippen molar-refractivity contribution in [1.82, 2.24) is 9.78 Å². The molecule has 1 aromatic heterocycles. The Morgan fingerprint density at radius 3 is 2.65 bits per heavy atom. The molecule has 0 fully saturated rings. The first-order chi connectivity index (χ1) is 8.24. The summed E-state index contributed by atoms with van der Waals surface area (Å²) in [5.74, 6) is 0.726. The molecule has 0 bridgehead atoms. The van der Waals surface area contributed by atoms with Crippen molar-refractivity contribution in [2.75, 3.05) is 0 Å². The highest BCUT2D eigenvalue weighted by Gasteiger charge is 2.10. The van der Waals surface area contributed by atoms with E-state index in [1.807, 2.05) is 12.1 Å². The van der Waals surface area contributed by atoms with Gasteiger partial charge in [-0.2, -0.15) is 10.5 Å². The van der Waals surface area contributed by atoms with Gasteiger partial charge in [-0.15, -0.1) is 5.10 Å². The topological polar surface area (TPSA) is 74.6 Å². The molecule has 0 N–H and O–H groups in total. The fourth-order valence-electron chi connectivity index (χ4n) is 1.39. The number of aryl methyl sites for hydroxylation is 1. The molecule has 82 valence electrons. The minimum absolute atomic E-state index is 0.223. The fraction of sp³-hybridized carbons (Fsp3) is 0.0833. The average Bonchev–Trinajstić information content (AvgIpc) is 2.74. The van der Waals surface area contributed by atoms with Crippen molar-refractivity contribution in [1.29, 1.82) is 10.5 Å². The number of rotatable bonds is 2. The summed E-state index contributed by atoms with van der Waals surface area (Å²) < 4.78 is 7.05. The van der Waals surface area contributed by atoms with Crippen molar-refractivity contribution in [3.63, 3.8) is 0 Å². The minimum atomic E-state index is 0.223. The maximum Gasteiger partial charge on any atom is 0.238 e. The summed E-state index contributed by atoms with van der Waals surface area (Å²) in [5.41, 5.74) is 0.515. The molecular weight excluding hydrogens is 216 g/mol. The lowest BCUT2D eigenvalue weighted by Crippen LogP contribution is -1.93. The van der Waals surface area contributed by atoms with Crippen molar-refractivity contribution < 1.29 is 4.74 Å². The third-order valence-electron chi connectivity index (χ3n) is 2.16. The van der Waals surface area contributed by atoms with Crippen LogP contribution in [-0.2, 0) is 7.05 Å². The zero-order chi connectivity index (χ0) is 12.3. The first-order valence-corrected chi connectivity index (χ1v) is 4.85. The Kier molecular flexibility index (Phi) is 2.76. The van der Waals surface area contributed by atoms with E-state index >= 15 is 0 Å². The van der Waals surface area contributed by atoms with E-state index < -0.39 is 0 Å². The molecule has 2 aromatic rings. The standard InChI is InChI=1S/C12H8N4O/c1-16-6-5-12(15-16)17-11-4-2-3-9(7-13)10(11)8-14/h2-6H,1H3.